The van der Waals surface area contributed by atoms with Crippen molar-refractivity contribution in [3.8, 4) is 5.75 Å². The van der Waals surface area contributed by atoms with Crippen LogP contribution in [0.4, 0.5) is 10.3 Å². The number of ether oxygens (including phenoxy) is 3. The summed E-state index contributed by atoms with van der Waals surface area (Å²) >= 11 is 0. The van der Waals surface area contributed by atoms with Crippen LogP contribution in [0.25, 0.3) is 11.2 Å². The highest BCUT2D eigenvalue weighted by molar-refractivity contribution is 7.32. The van der Waals surface area contributed by atoms with E-state index in [1.54, 1.807) is 33.1 Å². The second-order valence-electron chi connectivity index (χ2n) is 11.7. The number of carbonyl (C=O) groups excluding carboxylic acids is 1. The summed E-state index contributed by atoms with van der Waals surface area (Å²) in [6.45, 7) is 3.00. The van der Waals surface area contributed by atoms with Gasteiger partial charge in [-0.2, -0.15) is 4.98 Å². The minimum Gasteiger partial charge on any atom is -0.497 e. The summed E-state index contributed by atoms with van der Waals surface area (Å²) in [7, 11) is -1.71. The topological polar surface area (TPSA) is 167 Å². The van der Waals surface area contributed by atoms with E-state index in [0.29, 0.717) is 5.75 Å². The van der Waals surface area contributed by atoms with E-state index in [4.69, 9.17) is 18.7 Å². The van der Waals surface area contributed by atoms with Gasteiger partial charge in [0, 0.05) is 10.5 Å². The quantitative estimate of drug-likeness (QED) is 0.120. The highest BCUT2D eigenvalue weighted by atomic mass is 31.1. The number of hydrogen-bond acceptors (Lipinski definition) is 9. The first-order valence-corrected chi connectivity index (χ1v) is 16.5. The molecule has 13 nitrogen and oxygen atoms in total. The van der Waals surface area contributed by atoms with Gasteiger partial charge in [0.15, 0.2) is 29.7 Å². The molecule has 49 heavy (non-hydrogen) atoms. The van der Waals surface area contributed by atoms with Crippen LogP contribution in [0.3, 0.4) is 0 Å². The summed E-state index contributed by atoms with van der Waals surface area (Å²) in [5.41, 5.74) is 0.115. The Labute approximate surface area is 281 Å². The molecule has 1 amide bonds. The van der Waals surface area contributed by atoms with E-state index in [-0.39, 0.29) is 23.7 Å². The van der Waals surface area contributed by atoms with Gasteiger partial charge < -0.3 is 14.2 Å². The number of amides is 1. The molecule has 254 valence electrons. The summed E-state index contributed by atoms with van der Waals surface area (Å²) in [6, 6.07) is 26.2. The Morgan fingerprint density at radius 2 is 1.67 bits per heavy atom. The Kier molecular flexibility index (Phi) is 9.95. The summed E-state index contributed by atoms with van der Waals surface area (Å²) in [4.78, 5) is 45.8. The molecule has 0 radical (unpaired) electrons. The molecule has 3 heterocycles. The van der Waals surface area contributed by atoms with Crippen molar-refractivity contribution in [2.24, 2.45) is 5.92 Å². The lowest BCUT2D eigenvalue weighted by Crippen LogP contribution is -2.38. The first kappa shape index (κ1) is 34.0. The smallest absolute Gasteiger partial charge is 0.497 e. The molecule has 1 aliphatic rings. The molecule has 3 N–H and O–H groups in total. The van der Waals surface area contributed by atoms with E-state index < -0.39 is 55.8 Å². The van der Waals surface area contributed by atoms with Gasteiger partial charge in [0.1, 0.15) is 17.5 Å². The van der Waals surface area contributed by atoms with Gasteiger partial charge in [-0.25, -0.2) is 9.37 Å². The van der Waals surface area contributed by atoms with Crippen LogP contribution in [0.5, 0.6) is 5.75 Å². The van der Waals surface area contributed by atoms with Crippen LogP contribution in [0.15, 0.2) is 96.1 Å². The fourth-order valence-corrected chi connectivity index (χ4v) is 6.26. The number of hydrogen-bond donors (Lipinski definition) is 3. The molecule has 5 aromatic rings. The van der Waals surface area contributed by atoms with Crippen molar-refractivity contribution in [2.45, 2.75) is 44.1 Å². The number of rotatable bonds is 12. The summed E-state index contributed by atoms with van der Waals surface area (Å²) < 4.78 is 53.1. The molecule has 0 saturated carbocycles. The number of anilines is 1. The molecule has 1 aliphatic heterocycles. The maximum absolute atomic E-state index is 16.4. The van der Waals surface area contributed by atoms with Crippen LogP contribution in [-0.4, -0.2) is 62.4 Å². The number of alkyl halides is 1. The van der Waals surface area contributed by atoms with Crippen LogP contribution in [0.1, 0.15) is 36.8 Å². The van der Waals surface area contributed by atoms with Crippen LogP contribution in [0, 0.1) is 5.92 Å². The first-order valence-electron chi connectivity index (χ1n) is 15.4. The molecule has 1 fully saturated rings. The third kappa shape index (κ3) is 6.74. The second-order valence-corrected chi connectivity index (χ2v) is 12.3. The van der Waals surface area contributed by atoms with E-state index in [1.165, 1.54) is 10.9 Å². The Balaban J connectivity index is 1.39. The van der Waals surface area contributed by atoms with Crippen LogP contribution in [0.2, 0.25) is 0 Å². The number of halogens is 1. The van der Waals surface area contributed by atoms with Crippen molar-refractivity contribution >= 4 is 31.3 Å². The Bertz CT molecular complexity index is 1950. The molecule has 3 aromatic carbocycles. The van der Waals surface area contributed by atoms with Crippen molar-refractivity contribution in [2.75, 3.05) is 19.0 Å². The SMILES string of the molecule is COc1ccc(C(OC[C@H]2O[C@@H](n3cnc4c(=O)[nH]c(NC(=O)C(C)C)nc43)[C@H](O[P+](=O)O)[C@@H]2F)(c2ccccc2)c2ccccc2)cc1. The van der Waals surface area contributed by atoms with Crippen LogP contribution in [-0.2, 0) is 29.0 Å². The Morgan fingerprint density at radius 3 is 2.24 bits per heavy atom. The predicted molar refractivity (Wildman–Crippen MR) is 177 cm³/mol. The minimum absolute atomic E-state index is 0.0653. The number of carbonyl (C=O) groups is 1. The fraction of sp³-hybridized carbons (Fsp3) is 0.294. The van der Waals surface area contributed by atoms with Gasteiger partial charge in [-0.15, -0.1) is 9.42 Å². The Morgan fingerprint density at radius 1 is 1.06 bits per heavy atom. The molecular formula is C34H34FN5O8P+. The number of benzene rings is 3. The second kappa shape index (κ2) is 14.3. The number of fused-ring (bicyclic) bond motifs is 1. The van der Waals surface area contributed by atoms with Gasteiger partial charge >= 0.3 is 8.25 Å². The van der Waals surface area contributed by atoms with Crippen LogP contribution < -0.4 is 15.6 Å². The molecule has 1 unspecified atom stereocenters. The van der Waals surface area contributed by atoms with E-state index in [0.717, 1.165) is 16.7 Å². The van der Waals surface area contributed by atoms with Gasteiger partial charge in [0.2, 0.25) is 11.9 Å². The molecule has 2 aromatic heterocycles. The van der Waals surface area contributed by atoms with Crippen LogP contribution >= 0.6 is 8.25 Å². The first-order chi connectivity index (χ1) is 23.6. The van der Waals surface area contributed by atoms with Crippen molar-refractivity contribution in [3.05, 3.63) is 118 Å². The minimum atomic E-state index is -3.28. The maximum Gasteiger partial charge on any atom is 0.695 e. The molecule has 0 spiro atoms. The molecular weight excluding hydrogens is 656 g/mol. The third-order valence-corrected chi connectivity index (χ3v) is 8.69. The highest BCUT2D eigenvalue weighted by Crippen LogP contribution is 2.44. The number of aromatic nitrogens is 4. The van der Waals surface area contributed by atoms with E-state index in [2.05, 4.69) is 20.3 Å². The average Bonchev–Trinajstić information content (AvgIpc) is 3.66. The number of nitrogens with zero attached hydrogens (tertiary/aromatic N) is 3. The normalized spacial score (nSPS) is 19.7. The molecule has 0 bridgehead atoms. The van der Waals surface area contributed by atoms with E-state index >= 15 is 4.39 Å². The fourth-order valence-electron chi connectivity index (χ4n) is 5.83. The highest BCUT2D eigenvalue weighted by Gasteiger charge is 2.53. The Hall–Kier alpha value is -4.85. The lowest BCUT2D eigenvalue weighted by Gasteiger charge is -2.37. The van der Waals surface area contributed by atoms with Crippen molar-refractivity contribution in [3.63, 3.8) is 0 Å². The molecule has 0 aliphatic carbocycles. The average molecular weight is 691 g/mol. The zero-order valence-electron chi connectivity index (χ0n) is 26.7. The largest absolute Gasteiger partial charge is 0.695 e. The molecule has 6 rings (SSSR count). The summed E-state index contributed by atoms with van der Waals surface area (Å²) in [5, 5.41) is 2.53. The van der Waals surface area contributed by atoms with Gasteiger partial charge in [0.25, 0.3) is 5.56 Å². The lowest BCUT2D eigenvalue weighted by atomic mass is 9.80. The molecule has 15 heteroatoms. The van der Waals surface area contributed by atoms with Gasteiger partial charge in [0.05, 0.1) is 20.0 Å². The van der Waals surface area contributed by atoms with Gasteiger partial charge in [-0.3, -0.25) is 24.5 Å². The predicted octanol–water partition coefficient (Wildman–Crippen LogP) is 5.00. The number of methoxy groups -OCH3 is 1. The van der Waals surface area contributed by atoms with E-state index in [1.807, 2.05) is 72.8 Å². The standard InChI is InChI=1S/C34H33FN5O8P/c1-20(2)30(41)38-33-37-29-27(31(42)39-33)36-19-40(29)32-28(48-49(43)44)26(35)25(47-32)18-46-34(21-10-6-4-7-11-21,22-12-8-5-9-13-22)23-14-16-24(45-3)17-15-23/h4-17,19-20,25-26,28,32H,18H2,1-3H3,(H2-,37,38,39,41,42,43,44)/p+1/t25-,26-,28-,32-/m1/s1. The third-order valence-electron chi connectivity index (χ3n) is 8.27. The van der Waals surface area contributed by atoms with E-state index in [9.17, 15) is 19.0 Å². The zero-order chi connectivity index (χ0) is 34.7. The monoisotopic (exact) mass is 690 g/mol. The number of nitrogens with one attached hydrogen (secondary N) is 2. The zero-order valence-corrected chi connectivity index (χ0v) is 27.6. The lowest BCUT2D eigenvalue weighted by molar-refractivity contribution is -0.118. The number of H-pyrrole nitrogens is 1. The van der Waals surface area contributed by atoms with Crippen molar-refractivity contribution in [1.82, 2.24) is 19.5 Å². The summed E-state index contributed by atoms with van der Waals surface area (Å²) in [6.07, 6.45) is -5.13. The number of aromatic amines is 1. The number of imidazole rings is 1. The van der Waals surface area contributed by atoms with Gasteiger partial charge in [-0.05, 0) is 28.8 Å². The van der Waals surface area contributed by atoms with Crippen molar-refractivity contribution < 1.29 is 37.4 Å². The maximum atomic E-state index is 16.4. The summed E-state index contributed by atoms with van der Waals surface area (Å²) in [5.74, 6) is -0.335. The molecule has 1 saturated heterocycles. The van der Waals surface area contributed by atoms with Gasteiger partial charge in [-0.1, -0.05) is 86.6 Å². The van der Waals surface area contributed by atoms with Crippen molar-refractivity contribution in [1.29, 1.82) is 0 Å². The molecule has 5 atom stereocenters.